The maximum Gasteiger partial charge on any atom is 0.348 e. The monoisotopic (exact) mass is 133 g/mol. The van der Waals surface area contributed by atoms with Crippen LogP contribution in [0.5, 0.6) is 0 Å². The first-order chi connectivity index (χ1) is 4.22. The van der Waals surface area contributed by atoms with Gasteiger partial charge in [-0.05, 0) is 6.54 Å². The minimum absolute atomic E-state index is 0.588. The quantitative estimate of drug-likeness (QED) is 0.515. The fourth-order valence-electron chi connectivity index (χ4n) is 0.457. The van der Waals surface area contributed by atoms with E-state index >= 15 is 0 Å². The Morgan fingerprint density at radius 2 is 2.44 bits per heavy atom. The number of ether oxygens (including phenoxy) is 1. The van der Waals surface area contributed by atoms with Gasteiger partial charge in [-0.15, -0.1) is 0 Å². The number of carboxylic acids is 1. The number of nitrogens with one attached hydrogen (secondary N) is 1. The molecule has 1 atom stereocenters. The van der Waals surface area contributed by atoms with Crippen LogP contribution in [0.3, 0.4) is 0 Å². The molecule has 0 spiro atoms. The molecule has 0 aromatic carbocycles. The summed E-state index contributed by atoms with van der Waals surface area (Å²) >= 11 is 0. The van der Waals surface area contributed by atoms with Crippen molar-refractivity contribution in [2.45, 2.75) is 13.2 Å². The largest absolute Gasteiger partial charge is 0.478 e. The van der Waals surface area contributed by atoms with Crippen molar-refractivity contribution in [3.05, 3.63) is 0 Å². The smallest absolute Gasteiger partial charge is 0.348 e. The molecule has 0 heterocycles. The molecular formula is C5H11NO3. The van der Waals surface area contributed by atoms with Gasteiger partial charge < -0.3 is 9.84 Å². The van der Waals surface area contributed by atoms with E-state index in [2.05, 4.69) is 10.1 Å². The van der Waals surface area contributed by atoms with E-state index < -0.39 is 12.2 Å². The lowest BCUT2D eigenvalue weighted by atomic mass is 10.5. The van der Waals surface area contributed by atoms with Gasteiger partial charge in [0, 0.05) is 7.11 Å². The molecule has 4 heteroatoms. The summed E-state index contributed by atoms with van der Waals surface area (Å²) in [6, 6.07) is 0. The second-order valence-corrected chi connectivity index (χ2v) is 1.51. The van der Waals surface area contributed by atoms with Crippen LogP contribution < -0.4 is 5.32 Å². The Kier molecular flexibility index (Phi) is 4.00. The van der Waals surface area contributed by atoms with Crippen LogP contribution in [0, 0.1) is 0 Å². The molecule has 0 aliphatic rings. The van der Waals surface area contributed by atoms with Gasteiger partial charge >= 0.3 is 5.97 Å². The van der Waals surface area contributed by atoms with Crippen molar-refractivity contribution >= 4 is 5.97 Å². The summed E-state index contributed by atoms with van der Waals surface area (Å²) in [5.41, 5.74) is 0. The predicted octanol–water partition coefficient (Wildman–Crippen LogP) is -0.347. The summed E-state index contributed by atoms with van der Waals surface area (Å²) in [7, 11) is 1.35. The molecule has 0 aromatic heterocycles. The van der Waals surface area contributed by atoms with E-state index in [9.17, 15) is 4.79 Å². The second kappa shape index (κ2) is 4.29. The van der Waals surface area contributed by atoms with E-state index in [0.717, 1.165) is 0 Å². The highest BCUT2D eigenvalue weighted by Gasteiger charge is 2.12. The second-order valence-electron chi connectivity index (χ2n) is 1.51. The number of hydrogen-bond acceptors (Lipinski definition) is 3. The van der Waals surface area contributed by atoms with E-state index in [-0.39, 0.29) is 0 Å². The molecule has 0 amide bonds. The van der Waals surface area contributed by atoms with Crippen LogP contribution in [0.1, 0.15) is 6.92 Å². The van der Waals surface area contributed by atoms with Crippen LogP contribution in [0.4, 0.5) is 0 Å². The number of aliphatic carboxylic acids is 1. The molecule has 4 nitrogen and oxygen atoms in total. The molecule has 1 unspecified atom stereocenters. The highest BCUT2D eigenvalue weighted by Crippen LogP contribution is 1.81. The van der Waals surface area contributed by atoms with Crippen molar-refractivity contribution in [1.29, 1.82) is 0 Å². The highest BCUT2D eigenvalue weighted by atomic mass is 16.5. The highest BCUT2D eigenvalue weighted by molar-refractivity contribution is 5.71. The van der Waals surface area contributed by atoms with Gasteiger partial charge in [-0.3, -0.25) is 5.32 Å². The molecule has 0 rings (SSSR count). The third kappa shape index (κ3) is 3.05. The maximum absolute atomic E-state index is 10.1. The van der Waals surface area contributed by atoms with Crippen LogP contribution >= 0.6 is 0 Å². The Hall–Kier alpha value is -0.610. The number of likely N-dealkylation sites (N-methyl/N-ethyl adjacent to an activating group) is 1. The van der Waals surface area contributed by atoms with Crippen LogP contribution in [0.25, 0.3) is 0 Å². The molecule has 0 aliphatic heterocycles. The Bertz CT molecular complexity index is 94.2. The van der Waals surface area contributed by atoms with Crippen molar-refractivity contribution in [2.24, 2.45) is 0 Å². The fourth-order valence-corrected chi connectivity index (χ4v) is 0.457. The summed E-state index contributed by atoms with van der Waals surface area (Å²) in [5, 5.41) is 10.9. The lowest BCUT2D eigenvalue weighted by Gasteiger charge is -2.09. The molecule has 0 aromatic rings. The van der Waals surface area contributed by atoms with Gasteiger partial charge in [0.1, 0.15) is 0 Å². The summed E-state index contributed by atoms with van der Waals surface area (Å²) in [6.07, 6.45) is -0.866. The Morgan fingerprint density at radius 1 is 1.89 bits per heavy atom. The van der Waals surface area contributed by atoms with E-state index in [4.69, 9.17) is 5.11 Å². The summed E-state index contributed by atoms with van der Waals surface area (Å²) < 4.78 is 4.54. The number of carbonyl (C=O) groups is 1. The molecule has 0 saturated carbocycles. The first kappa shape index (κ1) is 8.39. The molecule has 2 N–H and O–H groups in total. The summed E-state index contributed by atoms with van der Waals surface area (Å²) in [5.74, 6) is -0.987. The standard InChI is InChI=1S/C5H11NO3/c1-3-6-4(9-2)5(7)8/h4,6H,3H2,1-2H3,(H,7,8). The third-order valence-corrected chi connectivity index (χ3v) is 0.850. The van der Waals surface area contributed by atoms with E-state index in [1.165, 1.54) is 7.11 Å². The van der Waals surface area contributed by atoms with Crippen molar-refractivity contribution < 1.29 is 14.6 Å². The maximum atomic E-state index is 10.1. The van der Waals surface area contributed by atoms with Crippen molar-refractivity contribution in [3.63, 3.8) is 0 Å². The zero-order valence-corrected chi connectivity index (χ0v) is 5.55. The molecule has 0 fully saturated rings. The first-order valence-corrected chi connectivity index (χ1v) is 2.71. The molecular weight excluding hydrogens is 122 g/mol. The van der Waals surface area contributed by atoms with Crippen LogP contribution in [-0.4, -0.2) is 31.0 Å². The average Bonchev–Trinajstić information content (AvgIpc) is 1.82. The molecule has 9 heavy (non-hydrogen) atoms. The SMILES string of the molecule is CCNC(OC)C(=O)O. The molecule has 0 saturated heterocycles. The van der Waals surface area contributed by atoms with E-state index in [1.807, 2.05) is 6.92 Å². The van der Waals surface area contributed by atoms with E-state index in [0.29, 0.717) is 6.54 Å². The minimum atomic E-state index is -0.987. The van der Waals surface area contributed by atoms with Crippen molar-refractivity contribution in [2.75, 3.05) is 13.7 Å². The van der Waals surface area contributed by atoms with Crippen molar-refractivity contribution in [1.82, 2.24) is 5.32 Å². The van der Waals surface area contributed by atoms with Crippen LogP contribution in [0.15, 0.2) is 0 Å². The van der Waals surface area contributed by atoms with Crippen LogP contribution in [0.2, 0.25) is 0 Å². The van der Waals surface area contributed by atoms with Gasteiger partial charge in [0.15, 0.2) is 0 Å². The zero-order valence-electron chi connectivity index (χ0n) is 5.55. The molecule has 0 bridgehead atoms. The van der Waals surface area contributed by atoms with Crippen LogP contribution in [-0.2, 0) is 9.53 Å². The number of carboxylic acid groups (broad SMARTS) is 1. The van der Waals surface area contributed by atoms with Gasteiger partial charge in [0.25, 0.3) is 0 Å². The van der Waals surface area contributed by atoms with Gasteiger partial charge in [-0.2, -0.15) is 0 Å². The first-order valence-electron chi connectivity index (χ1n) is 2.71. The summed E-state index contributed by atoms with van der Waals surface area (Å²) in [4.78, 5) is 10.1. The third-order valence-electron chi connectivity index (χ3n) is 0.850. The van der Waals surface area contributed by atoms with Crippen molar-refractivity contribution in [3.8, 4) is 0 Å². The van der Waals surface area contributed by atoms with Gasteiger partial charge in [0.05, 0.1) is 0 Å². The number of methoxy groups -OCH3 is 1. The van der Waals surface area contributed by atoms with E-state index in [1.54, 1.807) is 0 Å². The predicted molar refractivity (Wildman–Crippen MR) is 32.1 cm³/mol. The molecule has 54 valence electrons. The fraction of sp³-hybridized carbons (Fsp3) is 0.800. The normalized spacial score (nSPS) is 13.1. The zero-order chi connectivity index (χ0) is 7.28. The lowest BCUT2D eigenvalue weighted by Crippen LogP contribution is -2.37. The van der Waals surface area contributed by atoms with Gasteiger partial charge in [-0.1, -0.05) is 6.92 Å². The molecule has 0 radical (unpaired) electrons. The van der Waals surface area contributed by atoms with Gasteiger partial charge in [-0.25, -0.2) is 4.79 Å². The minimum Gasteiger partial charge on any atom is -0.478 e. The number of rotatable bonds is 4. The Morgan fingerprint density at radius 3 is 2.56 bits per heavy atom. The lowest BCUT2D eigenvalue weighted by molar-refractivity contribution is -0.150. The average molecular weight is 133 g/mol. The Labute approximate surface area is 53.8 Å². The number of hydrogen-bond donors (Lipinski definition) is 2. The van der Waals surface area contributed by atoms with Gasteiger partial charge in [0.2, 0.25) is 6.23 Å². The topological polar surface area (TPSA) is 58.6 Å². The Balaban J connectivity index is 3.54. The molecule has 0 aliphatic carbocycles. The summed E-state index contributed by atoms with van der Waals surface area (Å²) in [6.45, 7) is 2.40.